The second-order valence-corrected chi connectivity index (χ2v) is 8.40. The maximum atomic E-state index is 8.36. The molecule has 0 atom stereocenters. The van der Waals surface area contributed by atoms with Crippen LogP contribution >= 0.6 is 0 Å². The van der Waals surface area contributed by atoms with Gasteiger partial charge in [-0.15, -0.1) is 20.2 Å². The van der Waals surface area contributed by atoms with Gasteiger partial charge in [0.05, 0.1) is 22.1 Å². The lowest BCUT2D eigenvalue weighted by molar-refractivity contribution is -0.742. The second-order valence-electron chi connectivity index (χ2n) is 8.40. The number of aryl methyl sites for hydroxylation is 2. The number of para-hydroxylation sites is 3. The monoisotopic (exact) mass is 510 g/mol. The molecule has 0 aliphatic rings. The number of rotatable bonds is 1. The Labute approximate surface area is 215 Å². The van der Waals surface area contributed by atoms with Gasteiger partial charge >= 0.3 is 0 Å². The molecule has 0 aliphatic heterocycles. The van der Waals surface area contributed by atoms with Gasteiger partial charge in [-0.1, -0.05) is 60.7 Å². The van der Waals surface area contributed by atoms with E-state index in [1.54, 1.807) is 0 Å². The first kappa shape index (κ1) is 25.7. The fraction of sp³-hybridized carbons (Fsp3) is 0.0714. The Morgan fingerprint density at radius 1 is 0.579 bits per heavy atom. The minimum Gasteiger partial charge on any atom is -0.328 e. The van der Waals surface area contributed by atoms with Crippen molar-refractivity contribution < 1.29 is 20.6 Å². The van der Waals surface area contributed by atoms with E-state index in [0.717, 1.165) is 22.1 Å². The zero-order valence-electron chi connectivity index (χ0n) is 20.4. The van der Waals surface area contributed by atoms with Gasteiger partial charge in [-0.25, -0.2) is 9.97 Å². The molecule has 38 heavy (non-hydrogen) atoms. The Hall–Kier alpha value is -5.38. The molecule has 2 aromatic heterocycles. The van der Waals surface area contributed by atoms with Crippen LogP contribution in [-0.4, -0.2) is 30.6 Å². The number of fused-ring (bicyclic) bond motifs is 4. The van der Waals surface area contributed by atoms with Crippen molar-refractivity contribution in [1.82, 2.24) is 9.97 Å². The molecule has 4 aromatic carbocycles. The smallest absolute Gasteiger partial charge is 0.291 e. The normalized spacial score (nSPS) is 10.5. The summed E-state index contributed by atoms with van der Waals surface area (Å²) in [7, 11) is 0. The predicted octanol–water partition coefficient (Wildman–Crippen LogP) is 6.68. The van der Waals surface area contributed by atoms with Crippen LogP contribution in [0.5, 0.6) is 0 Å². The van der Waals surface area contributed by atoms with Gasteiger partial charge in [0, 0.05) is 32.7 Å². The highest BCUT2D eigenvalue weighted by atomic mass is 16.9. The fourth-order valence-electron chi connectivity index (χ4n) is 4.63. The number of hydrogen-bond acceptors (Lipinski definition) is 6. The molecule has 0 spiro atoms. The van der Waals surface area contributed by atoms with E-state index in [2.05, 4.69) is 98.8 Å². The predicted molar refractivity (Wildman–Crippen MR) is 145 cm³/mol. The second kappa shape index (κ2) is 10.7. The quantitative estimate of drug-likeness (QED) is 0.141. The topological polar surface area (TPSA) is 153 Å². The maximum Gasteiger partial charge on any atom is 0.291 e. The third-order valence-electron chi connectivity index (χ3n) is 6.22. The molecule has 10 nitrogen and oxygen atoms in total. The summed E-state index contributed by atoms with van der Waals surface area (Å²) < 4.78 is 0. The van der Waals surface area contributed by atoms with Crippen LogP contribution in [0.1, 0.15) is 11.1 Å². The Balaban J connectivity index is 0.000000373. The molecule has 0 radical (unpaired) electrons. The summed E-state index contributed by atoms with van der Waals surface area (Å²) in [5.41, 5.74) is 9.16. The van der Waals surface area contributed by atoms with Gasteiger partial charge < -0.3 is 10.4 Å². The molecule has 6 rings (SSSR count). The largest absolute Gasteiger partial charge is 0.328 e. The number of aromatic nitrogens is 2. The van der Waals surface area contributed by atoms with Gasteiger partial charge in [0.1, 0.15) is 0 Å². The first-order valence-corrected chi connectivity index (χ1v) is 11.4. The lowest BCUT2D eigenvalue weighted by Gasteiger charge is -2.18. The van der Waals surface area contributed by atoms with Crippen molar-refractivity contribution in [3.8, 4) is 11.1 Å². The van der Waals surface area contributed by atoms with E-state index in [1.165, 1.54) is 43.8 Å². The highest BCUT2D eigenvalue weighted by Gasteiger charge is 2.19. The van der Waals surface area contributed by atoms with Crippen LogP contribution in [0, 0.1) is 34.1 Å². The van der Waals surface area contributed by atoms with Gasteiger partial charge in [0.15, 0.2) is 0 Å². The molecule has 0 saturated carbocycles. The minimum absolute atomic E-state index is 1.02. The van der Waals surface area contributed by atoms with E-state index >= 15 is 0 Å². The highest BCUT2D eigenvalue weighted by Crippen LogP contribution is 2.43. The van der Waals surface area contributed by atoms with Crippen LogP contribution in [0.15, 0.2) is 84.9 Å². The third kappa shape index (κ3) is 5.09. The molecule has 2 N–H and O–H groups in total. The SMILES string of the molecule is Cc1ccc2nc3ccccc3c(-c3c4ccccc4nc4ccccc34)c2c1C.O=[N+]([O-])O.O=[N+]([O-])O. The molecular weight excluding hydrogens is 488 g/mol. The standard InChI is InChI=1S/C28H20N2.2HNO3/c1-17-15-16-25-26(18(17)2)28(21-11-5-8-14-24(21)30-25)27-19-9-3-6-12-22(19)29-23-13-7-4-10-20(23)27;2*2-1(3)4/h3-16H,1-2H3;2*(H,2,3,4). The van der Waals surface area contributed by atoms with Crippen LogP contribution in [0.2, 0.25) is 0 Å². The summed E-state index contributed by atoms with van der Waals surface area (Å²) in [6.45, 7) is 4.39. The third-order valence-corrected chi connectivity index (χ3v) is 6.22. The molecule has 0 unspecified atom stereocenters. The number of benzene rings is 4. The molecule has 10 heteroatoms. The fourth-order valence-corrected chi connectivity index (χ4v) is 4.63. The molecule has 0 bridgehead atoms. The summed E-state index contributed by atoms with van der Waals surface area (Å²) >= 11 is 0. The van der Waals surface area contributed by atoms with Crippen molar-refractivity contribution in [2.24, 2.45) is 0 Å². The van der Waals surface area contributed by atoms with E-state index in [1.807, 2.05) is 0 Å². The highest BCUT2D eigenvalue weighted by molar-refractivity contribution is 6.21. The first-order chi connectivity index (χ1) is 18.2. The van der Waals surface area contributed by atoms with Gasteiger partial charge in [-0.2, -0.15) is 0 Å². The number of nitrogens with zero attached hydrogens (tertiary/aromatic N) is 4. The Morgan fingerprint density at radius 3 is 1.39 bits per heavy atom. The van der Waals surface area contributed by atoms with Crippen molar-refractivity contribution in [3.05, 3.63) is 116 Å². The van der Waals surface area contributed by atoms with E-state index in [9.17, 15) is 0 Å². The van der Waals surface area contributed by atoms with Gasteiger partial charge in [-0.05, 0) is 49.2 Å². The average molecular weight is 511 g/mol. The van der Waals surface area contributed by atoms with Gasteiger partial charge in [-0.3, -0.25) is 0 Å². The molecule has 2 heterocycles. The van der Waals surface area contributed by atoms with Gasteiger partial charge in [0.25, 0.3) is 10.2 Å². The molecular formula is C28H22N4O6. The van der Waals surface area contributed by atoms with Crippen molar-refractivity contribution in [2.75, 3.05) is 0 Å². The van der Waals surface area contributed by atoms with Crippen molar-refractivity contribution >= 4 is 43.6 Å². The summed E-state index contributed by atoms with van der Waals surface area (Å²) in [5, 5.41) is 32.0. The zero-order chi connectivity index (χ0) is 27.4. The Morgan fingerprint density at radius 2 is 0.947 bits per heavy atom. The van der Waals surface area contributed by atoms with E-state index in [-0.39, 0.29) is 0 Å². The average Bonchev–Trinajstić information content (AvgIpc) is 2.88. The summed E-state index contributed by atoms with van der Waals surface area (Å²) in [5.74, 6) is 0. The van der Waals surface area contributed by atoms with Crippen LogP contribution in [-0.2, 0) is 0 Å². The molecule has 0 fully saturated rings. The van der Waals surface area contributed by atoms with E-state index in [4.69, 9.17) is 40.6 Å². The van der Waals surface area contributed by atoms with Crippen LogP contribution in [0.4, 0.5) is 0 Å². The zero-order valence-corrected chi connectivity index (χ0v) is 20.4. The van der Waals surface area contributed by atoms with E-state index < -0.39 is 10.2 Å². The summed E-state index contributed by atoms with van der Waals surface area (Å²) in [4.78, 5) is 26.7. The van der Waals surface area contributed by atoms with E-state index in [0.29, 0.717) is 0 Å². The lowest BCUT2D eigenvalue weighted by Crippen LogP contribution is -1.96. The minimum atomic E-state index is -1.50. The summed E-state index contributed by atoms with van der Waals surface area (Å²) in [6, 6.07) is 29.7. The first-order valence-electron chi connectivity index (χ1n) is 11.4. The van der Waals surface area contributed by atoms with Crippen LogP contribution < -0.4 is 0 Å². The Bertz CT molecular complexity index is 1760. The lowest BCUT2D eigenvalue weighted by atomic mass is 9.88. The van der Waals surface area contributed by atoms with Crippen LogP contribution in [0.3, 0.4) is 0 Å². The van der Waals surface area contributed by atoms with Crippen molar-refractivity contribution in [2.45, 2.75) is 13.8 Å². The molecule has 0 amide bonds. The van der Waals surface area contributed by atoms with Crippen molar-refractivity contribution in [1.29, 1.82) is 0 Å². The van der Waals surface area contributed by atoms with Crippen molar-refractivity contribution in [3.63, 3.8) is 0 Å². The molecule has 0 saturated heterocycles. The molecule has 190 valence electrons. The van der Waals surface area contributed by atoms with Gasteiger partial charge in [0.2, 0.25) is 0 Å². The number of pyridine rings is 2. The number of hydrogen-bond donors (Lipinski definition) is 2. The molecule has 6 aromatic rings. The van der Waals surface area contributed by atoms with Crippen LogP contribution in [0.25, 0.3) is 54.7 Å². The molecule has 0 aliphatic carbocycles. The maximum absolute atomic E-state index is 8.36. The Kier molecular flexibility index (Phi) is 7.24. The summed E-state index contributed by atoms with van der Waals surface area (Å²) in [6.07, 6.45) is 0.